The first kappa shape index (κ1) is 44.8. The molecule has 0 amide bonds. The Morgan fingerprint density at radius 1 is 0.543 bits per heavy atom. The fourth-order valence-corrected chi connectivity index (χ4v) is 5.79. The van der Waals surface area contributed by atoms with E-state index in [4.69, 9.17) is 19.3 Å². The number of ether oxygens (including phenoxy) is 2. The Balaban J connectivity index is 3.97. The number of carbonyl (C=O) groups is 2. The lowest BCUT2D eigenvalue weighted by Gasteiger charge is -2.18. The van der Waals surface area contributed by atoms with E-state index in [0.29, 0.717) is 6.42 Å². The number of hydrogen-bond donors (Lipinski definition) is 2. The molecule has 0 rings (SSSR count). The van der Waals surface area contributed by atoms with Crippen molar-refractivity contribution < 1.29 is 37.9 Å². The van der Waals surface area contributed by atoms with Gasteiger partial charge in [-0.3, -0.25) is 14.1 Å². The Morgan fingerprint density at radius 2 is 0.913 bits per heavy atom. The largest absolute Gasteiger partial charge is 0.469 e. The van der Waals surface area contributed by atoms with Crippen molar-refractivity contribution >= 4 is 19.8 Å². The van der Waals surface area contributed by atoms with E-state index in [1.54, 1.807) is 0 Å². The molecular formula is C37H71O8P. The monoisotopic (exact) mass is 674 g/mol. The van der Waals surface area contributed by atoms with Crippen LogP contribution in [0.1, 0.15) is 194 Å². The number of carbonyl (C=O) groups excluding carboxylic acids is 2. The van der Waals surface area contributed by atoms with E-state index in [0.717, 1.165) is 38.5 Å². The highest BCUT2D eigenvalue weighted by Gasteiger charge is 2.22. The molecule has 0 saturated carbocycles. The molecule has 0 heterocycles. The summed E-state index contributed by atoms with van der Waals surface area (Å²) in [6, 6.07) is 0. The topological polar surface area (TPSA) is 119 Å². The number of esters is 2. The number of hydrogen-bond acceptors (Lipinski definition) is 6. The predicted molar refractivity (Wildman–Crippen MR) is 189 cm³/mol. The minimum absolute atomic E-state index is 0.186. The molecule has 0 unspecified atom stereocenters. The average molecular weight is 675 g/mol. The summed E-state index contributed by atoms with van der Waals surface area (Å²) < 4.78 is 26.3. The normalized spacial score (nSPS) is 12.5. The SMILES string of the molecule is CCCCCCCCCCC/C=C/CCCCC(=O)O[C@H](COC(=O)CCCCCCCCCCCCCCC)COP(=O)(O)O. The molecule has 0 aromatic carbocycles. The Bertz CT molecular complexity index is 766. The van der Waals surface area contributed by atoms with Crippen LogP contribution in [0.5, 0.6) is 0 Å². The molecule has 0 aliphatic carbocycles. The van der Waals surface area contributed by atoms with Crippen molar-refractivity contribution in [3.8, 4) is 0 Å². The summed E-state index contributed by atoms with van der Waals surface area (Å²) in [7, 11) is -4.75. The van der Waals surface area contributed by atoms with Gasteiger partial charge in [0, 0.05) is 12.8 Å². The first-order chi connectivity index (χ1) is 22.3. The smallest absolute Gasteiger partial charge is 0.462 e. The number of rotatable bonds is 35. The van der Waals surface area contributed by atoms with Crippen LogP contribution in [0, 0.1) is 0 Å². The van der Waals surface area contributed by atoms with Crippen molar-refractivity contribution in [3.63, 3.8) is 0 Å². The van der Waals surface area contributed by atoms with Crippen LogP contribution in [-0.2, 0) is 28.2 Å². The molecule has 9 heteroatoms. The quantitative estimate of drug-likeness (QED) is 0.0295. The maximum atomic E-state index is 12.3. The number of allylic oxidation sites excluding steroid dienone is 2. The maximum absolute atomic E-state index is 12.3. The Morgan fingerprint density at radius 3 is 1.37 bits per heavy atom. The molecule has 46 heavy (non-hydrogen) atoms. The lowest BCUT2D eigenvalue weighted by molar-refractivity contribution is -0.161. The van der Waals surface area contributed by atoms with Gasteiger partial charge in [-0.15, -0.1) is 0 Å². The molecule has 8 nitrogen and oxygen atoms in total. The fraction of sp³-hybridized carbons (Fsp3) is 0.892. The fourth-order valence-electron chi connectivity index (χ4n) is 5.43. The molecule has 0 bridgehead atoms. The summed E-state index contributed by atoms with van der Waals surface area (Å²) in [6.07, 6.45) is 35.0. The first-order valence-electron chi connectivity index (χ1n) is 19.0. The van der Waals surface area contributed by atoms with Gasteiger partial charge in [0.15, 0.2) is 6.10 Å². The summed E-state index contributed by atoms with van der Waals surface area (Å²) in [5.74, 6) is -0.903. The van der Waals surface area contributed by atoms with Gasteiger partial charge in [-0.05, 0) is 38.5 Å². The van der Waals surface area contributed by atoms with Crippen LogP contribution in [0.4, 0.5) is 0 Å². The summed E-state index contributed by atoms with van der Waals surface area (Å²) >= 11 is 0. The van der Waals surface area contributed by atoms with E-state index in [-0.39, 0.29) is 19.4 Å². The summed E-state index contributed by atoms with van der Waals surface area (Å²) in [6.45, 7) is 3.67. The van der Waals surface area contributed by atoms with Crippen molar-refractivity contribution in [3.05, 3.63) is 12.2 Å². The first-order valence-corrected chi connectivity index (χ1v) is 20.5. The second kappa shape index (κ2) is 33.7. The average Bonchev–Trinajstić information content (AvgIpc) is 3.02. The van der Waals surface area contributed by atoms with Crippen LogP contribution in [-0.4, -0.2) is 41.0 Å². The van der Waals surface area contributed by atoms with Crippen LogP contribution in [0.2, 0.25) is 0 Å². The van der Waals surface area contributed by atoms with Crippen LogP contribution in [0.3, 0.4) is 0 Å². The molecule has 0 aliphatic heterocycles. The van der Waals surface area contributed by atoms with E-state index in [1.807, 2.05) is 0 Å². The van der Waals surface area contributed by atoms with Gasteiger partial charge in [0.1, 0.15) is 6.61 Å². The third-order valence-corrected chi connectivity index (χ3v) is 8.77. The summed E-state index contributed by atoms with van der Waals surface area (Å²) in [4.78, 5) is 42.6. The van der Waals surface area contributed by atoms with Gasteiger partial charge in [-0.25, -0.2) is 4.57 Å². The van der Waals surface area contributed by atoms with Crippen LogP contribution < -0.4 is 0 Å². The van der Waals surface area contributed by atoms with Gasteiger partial charge < -0.3 is 19.3 Å². The molecule has 272 valence electrons. The van der Waals surface area contributed by atoms with Crippen LogP contribution in [0.15, 0.2) is 12.2 Å². The zero-order valence-electron chi connectivity index (χ0n) is 29.7. The van der Waals surface area contributed by atoms with E-state index in [9.17, 15) is 14.2 Å². The zero-order valence-corrected chi connectivity index (χ0v) is 30.6. The van der Waals surface area contributed by atoms with Gasteiger partial charge in [0.05, 0.1) is 6.61 Å². The highest BCUT2D eigenvalue weighted by atomic mass is 31.2. The number of phosphoric acid groups is 1. The Hall–Kier alpha value is -1.21. The van der Waals surface area contributed by atoms with Crippen molar-refractivity contribution in [1.29, 1.82) is 0 Å². The van der Waals surface area contributed by atoms with Crippen molar-refractivity contribution in [2.75, 3.05) is 13.2 Å². The number of phosphoric ester groups is 1. The second-order valence-electron chi connectivity index (χ2n) is 12.9. The van der Waals surface area contributed by atoms with Crippen LogP contribution in [0.25, 0.3) is 0 Å². The summed E-state index contributed by atoms with van der Waals surface area (Å²) in [5, 5.41) is 0. The van der Waals surface area contributed by atoms with E-state index >= 15 is 0 Å². The van der Waals surface area contributed by atoms with Crippen molar-refractivity contribution in [1.82, 2.24) is 0 Å². The van der Waals surface area contributed by atoms with Crippen molar-refractivity contribution in [2.24, 2.45) is 0 Å². The van der Waals surface area contributed by atoms with Gasteiger partial charge in [-0.1, -0.05) is 154 Å². The summed E-state index contributed by atoms with van der Waals surface area (Å²) in [5.41, 5.74) is 0. The van der Waals surface area contributed by atoms with E-state index in [2.05, 4.69) is 30.5 Å². The molecule has 0 fully saturated rings. The van der Waals surface area contributed by atoms with Crippen LogP contribution >= 0.6 is 7.82 Å². The molecule has 0 aliphatic rings. The predicted octanol–water partition coefficient (Wildman–Crippen LogP) is 11.1. The highest BCUT2D eigenvalue weighted by Crippen LogP contribution is 2.36. The van der Waals surface area contributed by atoms with Gasteiger partial charge in [-0.2, -0.15) is 0 Å². The molecule has 0 aromatic heterocycles. The third kappa shape index (κ3) is 35.6. The minimum atomic E-state index is -4.75. The molecule has 2 N–H and O–H groups in total. The molecule has 0 spiro atoms. The standard InChI is InChI=1S/C37H71O8P/c1-3-5-7-9-11-13-15-17-18-20-22-24-26-28-30-32-37(39)45-35(34-44-46(40,41)42)33-43-36(38)31-29-27-25-23-21-19-16-14-12-10-8-6-4-2/h22,24,35H,3-21,23,25-34H2,1-2H3,(H2,40,41,42)/b24-22+/t35-/m1/s1. The molecular weight excluding hydrogens is 603 g/mol. The van der Waals surface area contributed by atoms with E-state index < -0.39 is 32.5 Å². The van der Waals surface area contributed by atoms with E-state index in [1.165, 1.54) is 122 Å². The lowest BCUT2D eigenvalue weighted by Crippen LogP contribution is -2.29. The lowest BCUT2D eigenvalue weighted by atomic mass is 10.0. The Labute approximate surface area is 282 Å². The third-order valence-electron chi connectivity index (χ3n) is 8.28. The molecule has 0 aromatic rings. The second-order valence-corrected chi connectivity index (χ2v) is 14.1. The van der Waals surface area contributed by atoms with Gasteiger partial charge in [0.25, 0.3) is 0 Å². The zero-order chi connectivity index (χ0) is 34.0. The Kier molecular flexibility index (Phi) is 32.8. The van der Waals surface area contributed by atoms with Crippen molar-refractivity contribution in [2.45, 2.75) is 200 Å². The minimum Gasteiger partial charge on any atom is -0.462 e. The molecule has 1 atom stereocenters. The molecule has 0 radical (unpaired) electrons. The molecule has 0 saturated heterocycles. The number of unbranched alkanes of at least 4 members (excludes halogenated alkanes) is 23. The maximum Gasteiger partial charge on any atom is 0.469 e. The van der Waals surface area contributed by atoms with Gasteiger partial charge >= 0.3 is 19.8 Å². The van der Waals surface area contributed by atoms with Gasteiger partial charge in [0.2, 0.25) is 0 Å². The highest BCUT2D eigenvalue weighted by molar-refractivity contribution is 7.46.